The van der Waals surface area contributed by atoms with Gasteiger partial charge in [0.1, 0.15) is 5.75 Å². The van der Waals surface area contributed by atoms with E-state index < -0.39 is 10.6 Å². The Morgan fingerprint density at radius 3 is 2.67 bits per heavy atom. The van der Waals surface area contributed by atoms with E-state index in [1.165, 1.54) is 19.1 Å². The van der Waals surface area contributed by atoms with E-state index in [9.17, 15) is 20.0 Å². The molecule has 2 rings (SSSR count). The molecule has 0 unspecified atom stereocenters. The number of hydrogen-bond acceptors (Lipinski definition) is 5. The van der Waals surface area contributed by atoms with Crippen LogP contribution >= 0.6 is 0 Å². The second-order valence-corrected chi connectivity index (χ2v) is 3.64. The second kappa shape index (κ2) is 4.28. The molecule has 0 aliphatic rings. The molecule has 0 spiro atoms. The molecule has 18 heavy (non-hydrogen) atoms. The number of benzene rings is 1. The fraction of sp³-hybridized carbons (Fsp3) is 0.0909. The van der Waals surface area contributed by atoms with Gasteiger partial charge in [-0.05, 0) is 19.1 Å². The highest BCUT2D eigenvalue weighted by Crippen LogP contribution is 2.33. The van der Waals surface area contributed by atoms with Crippen LogP contribution in [0.2, 0.25) is 0 Å². The van der Waals surface area contributed by atoms with Crippen LogP contribution in [-0.4, -0.2) is 20.0 Å². The van der Waals surface area contributed by atoms with Gasteiger partial charge in [0.15, 0.2) is 5.69 Å². The largest absolute Gasteiger partial charge is 0.507 e. The molecular weight excluding hydrogens is 238 g/mol. The van der Waals surface area contributed by atoms with E-state index in [0.717, 1.165) is 0 Å². The first kappa shape index (κ1) is 11.8. The molecule has 7 heteroatoms. The summed E-state index contributed by atoms with van der Waals surface area (Å²) in [5.74, 6) is -0.168. The standard InChI is InChI=1S/C11H9N3O4/c1-6-10(14(17)18)9(13-11(16)12-6)7-4-2-3-5-8(7)15/h2-5,15H,1H3,(H,12,13,16). The summed E-state index contributed by atoms with van der Waals surface area (Å²) in [4.78, 5) is 27.5. The first-order valence-corrected chi connectivity index (χ1v) is 5.04. The summed E-state index contributed by atoms with van der Waals surface area (Å²) in [5.41, 5.74) is -0.913. The first-order valence-electron chi connectivity index (χ1n) is 5.04. The van der Waals surface area contributed by atoms with Gasteiger partial charge in [-0.3, -0.25) is 10.1 Å². The summed E-state index contributed by atoms with van der Waals surface area (Å²) in [6.07, 6.45) is 0. The average molecular weight is 247 g/mol. The van der Waals surface area contributed by atoms with Crippen molar-refractivity contribution in [2.45, 2.75) is 6.92 Å². The van der Waals surface area contributed by atoms with Crippen LogP contribution in [0.25, 0.3) is 11.3 Å². The Labute approximate surface area is 101 Å². The van der Waals surface area contributed by atoms with Crippen LogP contribution in [0.1, 0.15) is 5.69 Å². The molecule has 0 aliphatic heterocycles. The highest BCUT2D eigenvalue weighted by Gasteiger charge is 2.23. The van der Waals surface area contributed by atoms with Crippen molar-refractivity contribution in [2.24, 2.45) is 0 Å². The highest BCUT2D eigenvalue weighted by atomic mass is 16.6. The van der Waals surface area contributed by atoms with Gasteiger partial charge in [-0.25, -0.2) is 4.79 Å². The van der Waals surface area contributed by atoms with Crippen LogP contribution in [0.3, 0.4) is 0 Å². The number of nitrogens with one attached hydrogen (secondary N) is 1. The van der Waals surface area contributed by atoms with E-state index in [-0.39, 0.29) is 28.4 Å². The lowest BCUT2D eigenvalue weighted by atomic mass is 10.1. The quantitative estimate of drug-likeness (QED) is 0.615. The van der Waals surface area contributed by atoms with Crippen molar-refractivity contribution in [2.75, 3.05) is 0 Å². The zero-order chi connectivity index (χ0) is 13.3. The molecule has 92 valence electrons. The number of nitrogens with zero attached hydrogens (tertiary/aromatic N) is 2. The van der Waals surface area contributed by atoms with Gasteiger partial charge < -0.3 is 10.1 Å². The van der Waals surface area contributed by atoms with E-state index in [1.54, 1.807) is 12.1 Å². The van der Waals surface area contributed by atoms with Gasteiger partial charge in [-0.1, -0.05) is 12.1 Å². The smallest absolute Gasteiger partial charge is 0.346 e. The maximum Gasteiger partial charge on any atom is 0.346 e. The predicted molar refractivity (Wildman–Crippen MR) is 63.3 cm³/mol. The molecule has 0 bridgehead atoms. The molecular formula is C11H9N3O4. The van der Waals surface area contributed by atoms with E-state index in [2.05, 4.69) is 9.97 Å². The topological polar surface area (TPSA) is 109 Å². The third-order valence-electron chi connectivity index (χ3n) is 2.43. The molecule has 2 aromatic rings. The Morgan fingerprint density at radius 1 is 1.39 bits per heavy atom. The summed E-state index contributed by atoms with van der Waals surface area (Å²) in [7, 11) is 0. The van der Waals surface area contributed by atoms with Gasteiger partial charge in [-0.2, -0.15) is 4.98 Å². The van der Waals surface area contributed by atoms with Crippen LogP contribution in [0.15, 0.2) is 29.1 Å². The lowest BCUT2D eigenvalue weighted by Crippen LogP contribution is -2.15. The lowest BCUT2D eigenvalue weighted by Gasteiger charge is -2.05. The van der Waals surface area contributed by atoms with E-state index >= 15 is 0 Å². The zero-order valence-corrected chi connectivity index (χ0v) is 9.38. The Kier molecular flexibility index (Phi) is 2.80. The minimum atomic E-state index is -0.698. The van der Waals surface area contributed by atoms with Crippen molar-refractivity contribution in [3.63, 3.8) is 0 Å². The predicted octanol–water partition coefficient (Wildman–Crippen LogP) is 1.36. The van der Waals surface area contributed by atoms with E-state index in [0.29, 0.717) is 0 Å². The van der Waals surface area contributed by atoms with E-state index in [4.69, 9.17) is 0 Å². The Hall–Kier alpha value is -2.70. The van der Waals surface area contributed by atoms with Crippen molar-refractivity contribution >= 4 is 5.69 Å². The molecule has 0 saturated heterocycles. The van der Waals surface area contributed by atoms with Gasteiger partial charge in [0.05, 0.1) is 10.6 Å². The number of H-pyrrole nitrogens is 1. The second-order valence-electron chi connectivity index (χ2n) is 3.64. The molecule has 1 heterocycles. The van der Waals surface area contributed by atoms with Crippen LogP contribution in [-0.2, 0) is 0 Å². The first-order chi connectivity index (χ1) is 8.50. The van der Waals surface area contributed by atoms with E-state index in [1.807, 2.05) is 0 Å². The number of phenols is 1. The van der Waals surface area contributed by atoms with Crippen molar-refractivity contribution < 1.29 is 10.0 Å². The SMILES string of the molecule is Cc1[nH]c(=O)nc(-c2ccccc2O)c1[N+](=O)[O-]. The molecule has 0 amide bonds. The molecule has 0 radical (unpaired) electrons. The molecule has 0 aliphatic carbocycles. The molecule has 0 fully saturated rings. The zero-order valence-electron chi connectivity index (χ0n) is 9.38. The van der Waals surface area contributed by atoms with Crippen LogP contribution in [0.5, 0.6) is 5.75 Å². The van der Waals surface area contributed by atoms with Crippen LogP contribution in [0, 0.1) is 17.0 Å². The Bertz CT molecular complexity index is 678. The van der Waals surface area contributed by atoms with Gasteiger partial charge in [-0.15, -0.1) is 0 Å². The molecule has 0 saturated carbocycles. The summed E-state index contributed by atoms with van der Waals surface area (Å²) in [6.45, 7) is 1.41. The minimum absolute atomic E-state index is 0.0956. The maximum atomic E-state index is 11.3. The lowest BCUT2D eigenvalue weighted by molar-refractivity contribution is -0.385. The average Bonchev–Trinajstić information content (AvgIpc) is 2.27. The van der Waals surface area contributed by atoms with Crippen LogP contribution in [0.4, 0.5) is 5.69 Å². The van der Waals surface area contributed by atoms with Crippen molar-refractivity contribution in [3.05, 3.63) is 50.6 Å². The van der Waals surface area contributed by atoms with Crippen molar-refractivity contribution in [1.29, 1.82) is 0 Å². The number of aromatic hydroxyl groups is 1. The summed E-state index contributed by atoms with van der Waals surface area (Å²) in [5, 5.41) is 20.7. The number of aromatic amines is 1. The molecule has 0 atom stereocenters. The third kappa shape index (κ3) is 1.93. The van der Waals surface area contributed by atoms with Gasteiger partial charge in [0.2, 0.25) is 0 Å². The normalized spacial score (nSPS) is 10.3. The Balaban J connectivity index is 2.82. The summed E-state index contributed by atoms with van der Waals surface area (Å²) in [6, 6.07) is 6.00. The fourth-order valence-corrected chi connectivity index (χ4v) is 1.66. The van der Waals surface area contributed by atoms with Crippen molar-refractivity contribution in [1.82, 2.24) is 9.97 Å². The van der Waals surface area contributed by atoms with Crippen molar-refractivity contribution in [3.8, 4) is 17.0 Å². The molecule has 7 nitrogen and oxygen atoms in total. The number of phenolic OH excluding ortho intramolecular Hbond substituents is 1. The number of aryl methyl sites for hydroxylation is 1. The van der Waals surface area contributed by atoms with Gasteiger partial charge in [0.25, 0.3) is 0 Å². The number of para-hydroxylation sites is 1. The Morgan fingerprint density at radius 2 is 2.06 bits per heavy atom. The van der Waals surface area contributed by atoms with Crippen LogP contribution < -0.4 is 5.69 Å². The third-order valence-corrected chi connectivity index (χ3v) is 2.43. The van der Waals surface area contributed by atoms with Gasteiger partial charge in [0, 0.05) is 5.56 Å². The molecule has 1 aromatic carbocycles. The molecule has 1 aromatic heterocycles. The number of hydrogen-bond donors (Lipinski definition) is 2. The number of nitro groups is 1. The fourth-order valence-electron chi connectivity index (χ4n) is 1.66. The summed E-state index contributed by atoms with van der Waals surface area (Å²) >= 11 is 0. The number of aromatic nitrogens is 2. The van der Waals surface area contributed by atoms with Gasteiger partial charge >= 0.3 is 11.4 Å². The molecule has 2 N–H and O–H groups in total. The maximum absolute atomic E-state index is 11.3. The monoisotopic (exact) mass is 247 g/mol. The summed E-state index contributed by atoms with van der Waals surface area (Å²) < 4.78 is 0. The highest BCUT2D eigenvalue weighted by molar-refractivity contribution is 5.75. The minimum Gasteiger partial charge on any atom is -0.507 e. The number of rotatable bonds is 2.